The van der Waals surface area contributed by atoms with E-state index < -0.39 is 4.92 Å². The smallest absolute Gasteiger partial charge is 0.277 e. The maximum Gasteiger partial charge on any atom is 0.277 e. The van der Waals surface area contributed by atoms with Crippen molar-refractivity contribution in [1.29, 1.82) is 0 Å². The zero-order valence-electron chi connectivity index (χ0n) is 14.9. The van der Waals surface area contributed by atoms with Crippen LogP contribution in [0.15, 0.2) is 67.1 Å². The summed E-state index contributed by atoms with van der Waals surface area (Å²) in [6.07, 6.45) is 0. The summed E-state index contributed by atoms with van der Waals surface area (Å²) >= 11 is 4.68. The van der Waals surface area contributed by atoms with E-state index in [0.29, 0.717) is 22.6 Å². The Morgan fingerprint density at radius 3 is 2.17 bits per heavy atom. The van der Waals surface area contributed by atoms with Gasteiger partial charge >= 0.3 is 0 Å². The van der Waals surface area contributed by atoms with Crippen molar-refractivity contribution >= 4 is 33.4 Å². The van der Waals surface area contributed by atoms with Gasteiger partial charge in [-0.3, -0.25) is 10.1 Å². The van der Waals surface area contributed by atoms with E-state index in [1.165, 1.54) is 23.9 Å². The van der Waals surface area contributed by atoms with Crippen LogP contribution < -0.4 is 0 Å². The third-order valence-corrected chi connectivity index (χ3v) is 5.34. The third kappa shape index (κ3) is 4.35. The van der Waals surface area contributed by atoms with Crippen LogP contribution in [0.2, 0.25) is 0 Å². The number of aromatic nitrogens is 4. The summed E-state index contributed by atoms with van der Waals surface area (Å²) in [6.45, 7) is 1.88. The van der Waals surface area contributed by atoms with Gasteiger partial charge in [0, 0.05) is 27.7 Å². The number of nitro groups is 1. The molecule has 11 heteroatoms. The van der Waals surface area contributed by atoms with Gasteiger partial charge in [-0.2, -0.15) is 0 Å². The van der Waals surface area contributed by atoms with Gasteiger partial charge in [0.15, 0.2) is 0 Å². The molecular formula is C18H12BrN5O4S. The van der Waals surface area contributed by atoms with Crippen molar-refractivity contribution in [3.8, 4) is 22.9 Å². The maximum atomic E-state index is 10.8. The van der Waals surface area contributed by atoms with Crippen LogP contribution in [-0.2, 0) is 0 Å². The second-order valence-electron chi connectivity index (χ2n) is 5.89. The highest BCUT2D eigenvalue weighted by Crippen LogP contribution is 2.35. The molecule has 0 amide bonds. The Morgan fingerprint density at radius 1 is 0.931 bits per heavy atom. The van der Waals surface area contributed by atoms with Crippen molar-refractivity contribution in [2.75, 3.05) is 0 Å². The molecule has 0 radical (unpaired) electrons. The Hall–Kier alpha value is -3.05. The average molecular weight is 474 g/mol. The highest BCUT2D eigenvalue weighted by Gasteiger charge is 2.20. The summed E-state index contributed by atoms with van der Waals surface area (Å²) in [5, 5.41) is 27.1. The molecule has 0 bridgehead atoms. The first-order valence-corrected chi connectivity index (χ1v) is 10.0. The minimum atomic E-state index is -0.464. The largest absolute Gasteiger partial charge is 0.419 e. The number of non-ortho nitro benzene ring substituents is 1. The first kappa shape index (κ1) is 19.3. The van der Waals surface area contributed by atoms with Crippen LogP contribution >= 0.6 is 27.7 Å². The van der Waals surface area contributed by atoms with Crippen LogP contribution in [0, 0.1) is 10.1 Å². The highest BCUT2D eigenvalue weighted by atomic mass is 79.9. The first-order valence-electron chi connectivity index (χ1n) is 8.34. The molecule has 0 N–H and O–H groups in total. The number of nitrogens with zero attached hydrogens (tertiary/aromatic N) is 5. The van der Waals surface area contributed by atoms with Gasteiger partial charge in [0.05, 0.1) is 10.2 Å². The molecule has 0 aliphatic heterocycles. The predicted molar refractivity (Wildman–Crippen MR) is 108 cm³/mol. The lowest BCUT2D eigenvalue weighted by molar-refractivity contribution is -0.384. The standard InChI is InChI=1S/C18H12BrN5O4S/c1-10(29-18-23-22-17(28-18)11-2-6-13(19)7-3-11)15-20-21-16(27-15)12-4-8-14(9-5-12)24(25)26/h2-10H,1H3. The van der Waals surface area contributed by atoms with Crippen molar-refractivity contribution in [2.24, 2.45) is 0 Å². The van der Waals surface area contributed by atoms with Gasteiger partial charge in [-0.25, -0.2) is 0 Å². The molecule has 1 atom stereocenters. The molecule has 0 aliphatic rings. The van der Waals surface area contributed by atoms with Crippen molar-refractivity contribution in [1.82, 2.24) is 20.4 Å². The van der Waals surface area contributed by atoms with Crippen molar-refractivity contribution in [2.45, 2.75) is 17.4 Å². The Bertz CT molecular complexity index is 1140. The number of hydrogen-bond donors (Lipinski definition) is 0. The Balaban J connectivity index is 1.46. The minimum Gasteiger partial charge on any atom is -0.419 e. The minimum absolute atomic E-state index is 0.00427. The van der Waals surface area contributed by atoms with E-state index in [1.54, 1.807) is 12.1 Å². The molecule has 0 fully saturated rings. The number of halogens is 1. The molecule has 1 unspecified atom stereocenters. The zero-order chi connectivity index (χ0) is 20.4. The lowest BCUT2D eigenvalue weighted by Gasteiger charge is -2.01. The van der Waals surface area contributed by atoms with Gasteiger partial charge in [-0.15, -0.1) is 20.4 Å². The fraction of sp³-hybridized carbons (Fsp3) is 0.111. The topological polar surface area (TPSA) is 121 Å². The summed E-state index contributed by atoms with van der Waals surface area (Å²) in [5.41, 5.74) is 1.41. The molecule has 0 saturated carbocycles. The summed E-state index contributed by atoms with van der Waals surface area (Å²) in [6, 6.07) is 13.5. The lowest BCUT2D eigenvalue weighted by Crippen LogP contribution is -1.88. The van der Waals surface area contributed by atoms with Crippen molar-refractivity contribution < 1.29 is 13.8 Å². The first-order chi connectivity index (χ1) is 14.0. The molecule has 4 rings (SSSR count). The molecule has 0 aliphatic carbocycles. The molecular weight excluding hydrogens is 462 g/mol. The molecule has 9 nitrogen and oxygen atoms in total. The van der Waals surface area contributed by atoms with Crippen LogP contribution in [-0.4, -0.2) is 25.3 Å². The molecule has 2 aromatic carbocycles. The quantitative estimate of drug-likeness (QED) is 0.208. The van der Waals surface area contributed by atoms with E-state index in [2.05, 4.69) is 36.3 Å². The van der Waals surface area contributed by atoms with Crippen LogP contribution in [0.5, 0.6) is 0 Å². The van der Waals surface area contributed by atoms with E-state index in [1.807, 2.05) is 31.2 Å². The highest BCUT2D eigenvalue weighted by molar-refractivity contribution is 9.10. The summed E-state index contributed by atoms with van der Waals surface area (Å²) < 4.78 is 12.4. The predicted octanol–water partition coefficient (Wildman–Crippen LogP) is 5.31. The Morgan fingerprint density at radius 2 is 1.52 bits per heavy atom. The van der Waals surface area contributed by atoms with Gasteiger partial charge in [-0.05, 0) is 43.3 Å². The second-order valence-corrected chi connectivity index (χ2v) is 8.10. The third-order valence-electron chi connectivity index (χ3n) is 3.89. The molecule has 0 saturated heterocycles. The van der Waals surface area contributed by atoms with E-state index in [4.69, 9.17) is 8.83 Å². The molecule has 0 spiro atoms. The van der Waals surface area contributed by atoms with Gasteiger partial charge in [0.25, 0.3) is 10.9 Å². The number of thioether (sulfide) groups is 1. The van der Waals surface area contributed by atoms with Gasteiger partial charge in [-0.1, -0.05) is 27.7 Å². The summed E-state index contributed by atoms with van der Waals surface area (Å²) in [7, 11) is 0. The summed E-state index contributed by atoms with van der Waals surface area (Å²) in [4.78, 5) is 10.3. The van der Waals surface area contributed by atoms with E-state index in [-0.39, 0.29) is 16.8 Å². The Labute approximate surface area is 176 Å². The van der Waals surface area contributed by atoms with E-state index >= 15 is 0 Å². The Kier molecular flexibility index (Phi) is 5.41. The number of nitro benzene ring substituents is 1. The molecule has 2 aromatic heterocycles. The number of rotatable bonds is 6. The SMILES string of the molecule is CC(Sc1nnc(-c2ccc(Br)cc2)o1)c1nnc(-c2ccc([N+](=O)[O-])cc2)o1. The van der Waals surface area contributed by atoms with Crippen LogP contribution in [0.25, 0.3) is 22.9 Å². The lowest BCUT2D eigenvalue weighted by atomic mass is 10.2. The molecule has 29 heavy (non-hydrogen) atoms. The van der Waals surface area contributed by atoms with Gasteiger partial charge < -0.3 is 8.83 Å². The molecule has 146 valence electrons. The van der Waals surface area contributed by atoms with Crippen LogP contribution in [0.3, 0.4) is 0 Å². The fourth-order valence-electron chi connectivity index (χ4n) is 2.41. The van der Waals surface area contributed by atoms with Gasteiger partial charge in [0.1, 0.15) is 0 Å². The van der Waals surface area contributed by atoms with Crippen LogP contribution in [0.1, 0.15) is 18.1 Å². The monoisotopic (exact) mass is 473 g/mol. The van der Waals surface area contributed by atoms with Crippen molar-refractivity contribution in [3.63, 3.8) is 0 Å². The average Bonchev–Trinajstić information content (AvgIpc) is 3.38. The number of benzene rings is 2. The molecule has 2 heterocycles. The van der Waals surface area contributed by atoms with E-state index in [0.717, 1.165) is 10.0 Å². The number of hydrogen-bond acceptors (Lipinski definition) is 9. The van der Waals surface area contributed by atoms with Crippen LogP contribution in [0.4, 0.5) is 5.69 Å². The maximum absolute atomic E-state index is 10.8. The second kappa shape index (κ2) is 8.13. The van der Waals surface area contributed by atoms with E-state index in [9.17, 15) is 10.1 Å². The van der Waals surface area contributed by atoms with Crippen molar-refractivity contribution in [3.05, 3.63) is 69.0 Å². The fourth-order valence-corrected chi connectivity index (χ4v) is 3.39. The normalized spacial score (nSPS) is 12.1. The van der Waals surface area contributed by atoms with Gasteiger partial charge in [0.2, 0.25) is 17.7 Å². The molecule has 4 aromatic rings. The zero-order valence-corrected chi connectivity index (χ0v) is 17.3. The summed E-state index contributed by atoms with van der Waals surface area (Å²) in [5.74, 6) is 1.08.